The summed E-state index contributed by atoms with van der Waals surface area (Å²) in [5.74, 6) is -0.766. The molecule has 0 saturated carbocycles. The molecule has 0 aromatic heterocycles. The Morgan fingerprint density at radius 3 is 2.22 bits per heavy atom. The average molecular weight is 542 g/mol. The van der Waals surface area contributed by atoms with Crippen molar-refractivity contribution in [2.24, 2.45) is 0 Å². The monoisotopic (exact) mass is 541 g/mol. The van der Waals surface area contributed by atoms with Crippen LogP contribution in [0.2, 0.25) is 5.02 Å². The summed E-state index contributed by atoms with van der Waals surface area (Å²) < 4.78 is 28.7. The highest BCUT2D eigenvalue weighted by atomic mass is 35.5. The molecule has 9 heteroatoms. The molecule has 1 unspecified atom stereocenters. The van der Waals surface area contributed by atoms with Crippen molar-refractivity contribution in [1.82, 2.24) is 10.2 Å². The van der Waals surface area contributed by atoms with E-state index in [4.69, 9.17) is 11.6 Å². The van der Waals surface area contributed by atoms with Gasteiger partial charge in [0, 0.05) is 18.1 Å². The van der Waals surface area contributed by atoms with Crippen LogP contribution >= 0.6 is 11.6 Å². The number of hydrogen-bond donors (Lipinski definition) is 1. The van der Waals surface area contributed by atoms with Crippen LogP contribution in [0.1, 0.15) is 31.4 Å². The molecular weight excluding hydrogens is 510 g/mol. The van der Waals surface area contributed by atoms with Crippen molar-refractivity contribution in [1.29, 1.82) is 0 Å². The minimum Gasteiger partial charge on any atom is -0.355 e. The van der Waals surface area contributed by atoms with E-state index in [0.717, 1.165) is 15.4 Å². The number of nitrogens with zero attached hydrogens (tertiary/aromatic N) is 2. The molecule has 1 N–H and O–H groups in total. The van der Waals surface area contributed by atoms with Gasteiger partial charge in [0.25, 0.3) is 10.0 Å². The quantitative estimate of drug-likeness (QED) is 0.378. The molecule has 0 fully saturated rings. The number of rotatable bonds is 11. The molecule has 0 radical (unpaired) electrons. The predicted octanol–water partition coefficient (Wildman–Crippen LogP) is 4.79. The zero-order chi connectivity index (χ0) is 27.0. The first-order valence-electron chi connectivity index (χ1n) is 12.1. The summed E-state index contributed by atoms with van der Waals surface area (Å²) in [6, 6.07) is 21.3. The van der Waals surface area contributed by atoms with Gasteiger partial charge in [-0.05, 0) is 67.8 Å². The van der Waals surface area contributed by atoms with Crippen LogP contribution in [-0.4, -0.2) is 44.3 Å². The Kier molecular flexibility index (Phi) is 9.72. The number of benzene rings is 3. The number of carbonyl (C=O) groups is 2. The molecule has 196 valence electrons. The molecule has 37 heavy (non-hydrogen) atoms. The molecule has 7 nitrogen and oxygen atoms in total. The SMILES string of the molecule is CCNC(=O)C(CC)N(Cc1ccccc1)C(=O)CN(c1cccc(C)c1)S(=O)(=O)c1ccc(Cl)cc1. The van der Waals surface area contributed by atoms with Crippen LogP contribution in [0.5, 0.6) is 0 Å². The summed E-state index contributed by atoms with van der Waals surface area (Å²) in [5, 5.41) is 3.20. The Morgan fingerprint density at radius 1 is 0.946 bits per heavy atom. The highest BCUT2D eigenvalue weighted by molar-refractivity contribution is 7.92. The molecule has 3 aromatic carbocycles. The lowest BCUT2D eigenvalue weighted by molar-refractivity contribution is -0.140. The Balaban J connectivity index is 2.05. The van der Waals surface area contributed by atoms with Gasteiger partial charge < -0.3 is 10.2 Å². The second kappa shape index (κ2) is 12.7. The number of carbonyl (C=O) groups excluding carboxylic acids is 2. The lowest BCUT2D eigenvalue weighted by Crippen LogP contribution is -2.52. The zero-order valence-electron chi connectivity index (χ0n) is 21.2. The smallest absolute Gasteiger partial charge is 0.264 e. The summed E-state index contributed by atoms with van der Waals surface area (Å²) in [4.78, 5) is 28.3. The second-order valence-corrected chi connectivity index (χ2v) is 10.9. The highest BCUT2D eigenvalue weighted by Gasteiger charge is 2.33. The summed E-state index contributed by atoms with van der Waals surface area (Å²) in [6.45, 7) is 5.60. The largest absolute Gasteiger partial charge is 0.355 e. The summed E-state index contributed by atoms with van der Waals surface area (Å²) >= 11 is 5.98. The molecule has 3 aromatic rings. The minimum atomic E-state index is -4.13. The standard InChI is InChI=1S/C28H32ClN3O4S/c1-4-26(28(34)30-5-2)31(19-22-11-7-6-8-12-22)27(33)20-32(24-13-9-10-21(3)18-24)37(35,36)25-16-14-23(29)15-17-25/h6-18,26H,4-5,19-20H2,1-3H3,(H,30,34). The van der Waals surface area contributed by atoms with E-state index in [9.17, 15) is 18.0 Å². The normalized spacial score (nSPS) is 12.0. The van der Waals surface area contributed by atoms with E-state index < -0.39 is 28.5 Å². The zero-order valence-corrected chi connectivity index (χ0v) is 22.8. The highest BCUT2D eigenvalue weighted by Crippen LogP contribution is 2.26. The van der Waals surface area contributed by atoms with Crippen molar-refractivity contribution in [3.8, 4) is 0 Å². The lowest BCUT2D eigenvalue weighted by Gasteiger charge is -2.33. The summed E-state index contributed by atoms with van der Waals surface area (Å²) in [7, 11) is -4.13. The topological polar surface area (TPSA) is 86.8 Å². The van der Waals surface area contributed by atoms with Crippen LogP contribution < -0.4 is 9.62 Å². The fourth-order valence-corrected chi connectivity index (χ4v) is 5.57. The van der Waals surface area contributed by atoms with Crippen LogP contribution in [0.15, 0.2) is 83.8 Å². The second-order valence-electron chi connectivity index (χ2n) is 8.63. The summed E-state index contributed by atoms with van der Waals surface area (Å²) in [5.41, 5.74) is 2.03. The van der Waals surface area contributed by atoms with Gasteiger partial charge in [0.2, 0.25) is 11.8 Å². The van der Waals surface area contributed by atoms with Crippen LogP contribution in [0, 0.1) is 6.92 Å². The number of likely N-dealkylation sites (N-methyl/N-ethyl adjacent to an activating group) is 1. The van der Waals surface area contributed by atoms with Crippen molar-refractivity contribution >= 4 is 39.1 Å². The number of anilines is 1. The Hall–Kier alpha value is -3.36. The summed E-state index contributed by atoms with van der Waals surface area (Å²) in [6.07, 6.45) is 0.374. The van der Waals surface area contributed by atoms with E-state index in [-0.39, 0.29) is 17.3 Å². The lowest BCUT2D eigenvalue weighted by atomic mass is 10.1. The van der Waals surface area contributed by atoms with E-state index in [1.807, 2.05) is 57.2 Å². The van der Waals surface area contributed by atoms with E-state index in [1.54, 1.807) is 18.2 Å². The van der Waals surface area contributed by atoms with Gasteiger partial charge in [0.1, 0.15) is 12.6 Å². The number of aryl methyl sites for hydroxylation is 1. The van der Waals surface area contributed by atoms with Crippen molar-refractivity contribution in [2.75, 3.05) is 17.4 Å². The van der Waals surface area contributed by atoms with Crippen molar-refractivity contribution in [3.63, 3.8) is 0 Å². The van der Waals surface area contributed by atoms with Crippen molar-refractivity contribution < 1.29 is 18.0 Å². The fraction of sp³-hybridized carbons (Fsp3) is 0.286. The number of amides is 2. The fourth-order valence-electron chi connectivity index (χ4n) is 4.04. The molecule has 0 aliphatic heterocycles. The van der Waals surface area contributed by atoms with Crippen molar-refractivity contribution in [2.45, 2.75) is 44.7 Å². The van der Waals surface area contributed by atoms with Gasteiger partial charge in [-0.3, -0.25) is 13.9 Å². The van der Waals surface area contributed by atoms with E-state index in [1.165, 1.54) is 29.2 Å². The van der Waals surface area contributed by atoms with Gasteiger partial charge in [0.05, 0.1) is 10.6 Å². The maximum atomic E-state index is 13.9. The average Bonchev–Trinajstić information content (AvgIpc) is 2.88. The van der Waals surface area contributed by atoms with Gasteiger partial charge in [-0.2, -0.15) is 0 Å². The first-order chi connectivity index (χ1) is 17.7. The third-order valence-electron chi connectivity index (χ3n) is 5.90. The van der Waals surface area contributed by atoms with Gasteiger partial charge in [0.15, 0.2) is 0 Å². The van der Waals surface area contributed by atoms with Crippen LogP contribution in [-0.2, 0) is 26.2 Å². The minimum absolute atomic E-state index is 0.0107. The van der Waals surface area contributed by atoms with Crippen LogP contribution in [0.4, 0.5) is 5.69 Å². The Labute approximate surface area is 224 Å². The molecule has 0 aliphatic carbocycles. The third-order valence-corrected chi connectivity index (χ3v) is 7.94. The number of halogens is 1. The molecule has 0 heterocycles. The van der Waals surface area contributed by atoms with Gasteiger partial charge >= 0.3 is 0 Å². The van der Waals surface area contributed by atoms with Crippen LogP contribution in [0.3, 0.4) is 0 Å². The molecule has 3 rings (SSSR count). The van der Waals surface area contributed by atoms with E-state index >= 15 is 0 Å². The van der Waals surface area contributed by atoms with Gasteiger partial charge in [-0.25, -0.2) is 8.42 Å². The van der Waals surface area contributed by atoms with Gasteiger partial charge in [-0.1, -0.05) is 61.0 Å². The Morgan fingerprint density at radius 2 is 1.62 bits per heavy atom. The number of hydrogen-bond acceptors (Lipinski definition) is 4. The predicted molar refractivity (Wildman–Crippen MR) is 147 cm³/mol. The molecule has 1 atom stereocenters. The first-order valence-corrected chi connectivity index (χ1v) is 13.9. The molecule has 2 amide bonds. The third kappa shape index (κ3) is 7.11. The molecular formula is C28H32ClN3O4S. The Bertz CT molecular complexity index is 1310. The van der Waals surface area contributed by atoms with Crippen LogP contribution in [0.25, 0.3) is 0 Å². The maximum absolute atomic E-state index is 13.9. The molecule has 0 aliphatic rings. The first kappa shape index (κ1) is 28.2. The van der Waals surface area contributed by atoms with Gasteiger partial charge in [-0.15, -0.1) is 0 Å². The van der Waals surface area contributed by atoms with E-state index in [2.05, 4.69) is 5.32 Å². The van der Waals surface area contributed by atoms with Crippen molar-refractivity contribution in [3.05, 3.63) is 95.0 Å². The maximum Gasteiger partial charge on any atom is 0.264 e. The molecule has 0 bridgehead atoms. The van der Waals surface area contributed by atoms with E-state index in [0.29, 0.717) is 23.7 Å². The molecule has 0 spiro atoms. The molecule has 0 saturated heterocycles. The number of nitrogens with one attached hydrogen (secondary N) is 1. The number of sulfonamides is 1.